The van der Waals surface area contributed by atoms with Crippen molar-refractivity contribution in [2.75, 3.05) is 115 Å². The minimum atomic E-state index is -0.281. The van der Waals surface area contributed by atoms with E-state index < -0.39 is 0 Å². The number of rotatable bonds is 21. The number of carbonyl (C=O) groups is 3. The SMILES string of the molecule is C=C(NC1CCN(C)C1=O)c1cnn2c(NC)cc(Nc3ccccc3OC)nc12.C=C(N[C@@H]1CCN(C)C1=O)c1cnn2c(NC)cc(Nc3ccccc3OC)nc12.C=C(N[C@H]1CCN(C)C1=O)c1cnn2c(NC)cc(Nc3ccccc3OC)nc12. The molecule has 9 N–H and O–H groups in total. The molecular formula is C63H75N21O6. The summed E-state index contributed by atoms with van der Waals surface area (Å²) in [6, 6.07) is 27.6. The van der Waals surface area contributed by atoms with Crippen LogP contribution in [0, 0.1) is 0 Å². The summed E-state index contributed by atoms with van der Waals surface area (Å²) in [7, 11) is 15.8. The van der Waals surface area contributed by atoms with Crippen LogP contribution in [0.1, 0.15) is 36.0 Å². The number of methoxy groups -OCH3 is 3. The second-order valence-corrected chi connectivity index (χ2v) is 21.4. The standard InChI is InChI=1S/3C21H25N7O2/c3*1-13(24-16-9-10-27(3)21(16)29)14-12-23-28-19(22-2)11-18(26-20(14)28)25-15-7-5-6-8-17(15)30-4/h3*5-8,11-12,16,22,24H,1,9-10H2,2-4H3,(H,25,26)/t2*16-;/m10./s1. The number of aromatic nitrogens is 9. The molecule has 12 rings (SSSR count). The molecule has 9 heterocycles. The minimum Gasteiger partial charge on any atom is -0.495 e. The van der Waals surface area contributed by atoms with E-state index in [9.17, 15) is 14.4 Å². The van der Waals surface area contributed by atoms with Crippen molar-refractivity contribution in [1.82, 2.24) is 74.4 Å². The number of nitrogens with one attached hydrogen (secondary N) is 9. The van der Waals surface area contributed by atoms with Gasteiger partial charge in [-0.3, -0.25) is 14.4 Å². The van der Waals surface area contributed by atoms with E-state index in [1.54, 1.807) is 89.3 Å². The number of para-hydroxylation sites is 6. The van der Waals surface area contributed by atoms with Crippen LogP contribution in [0.3, 0.4) is 0 Å². The zero-order valence-corrected chi connectivity index (χ0v) is 51.8. The van der Waals surface area contributed by atoms with Gasteiger partial charge in [-0.2, -0.15) is 28.8 Å². The van der Waals surface area contributed by atoms with Gasteiger partial charge in [-0.15, -0.1) is 0 Å². The highest BCUT2D eigenvalue weighted by Crippen LogP contribution is 2.33. The van der Waals surface area contributed by atoms with Gasteiger partial charge in [0, 0.05) is 97.2 Å². The lowest BCUT2D eigenvalue weighted by Gasteiger charge is -2.15. The smallest absolute Gasteiger partial charge is 0.244 e. The van der Waals surface area contributed by atoms with Crippen molar-refractivity contribution in [1.29, 1.82) is 0 Å². The fourth-order valence-corrected chi connectivity index (χ4v) is 10.6. The molecule has 3 fully saturated rings. The molecule has 9 aromatic rings. The number of likely N-dealkylation sites (N-methyl/N-ethyl adjacent to an activating group) is 3. The topological polar surface area (TPSA) is 287 Å². The third-order valence-corrected chi connectivity index (χ3v) is 15.6. The van der Waals surface area contributed by atoms with Crippen LogP contribution in [0.2, 0.25) is 0 Å². The average Bonchev–Trinajstić information content (AvgIpc) is 2.14. The Labute approximate surface area is 520 Å². The molecule has 0 saturated carbocycles. The van der Waals surface area contributed by atoms with Gasteiger partial charge in [0.1, 0.15) is 70.3 Å². The molecule has 27 nitrogen and oxygen atoms in total. The van der Waals surface area contributed by atoms with Gasteiger partial charge in [0.15, 0.2) is 16.9 Å². The van der Waals surface area contributed by atoms with E-state index in [2.05, 4.69) is 82.9 Å². The molecule has 3 aliphatic rings. The lowest BCUT2D eigenvalue weighted by atomic mass is 10.2. The molecule has 90 heavy (non-hydrogen) atoms. The number of likely N-dealkylation sites (tertiary alicyclic amines) is 3. The van der Waals surface area contributed by atoms with Crippen LogP contribution in [-0.2, 0) is 14.4 Å². The van der Waals surface area contributed by atoms with E-state index in [4.69, 9.17) is 29.2 Å². The van der Waals surface area contributed by atoms with Gasteiger partial charge in [-0.25, -0.2) is 15.0 Å². The first kappa shape index (κ1) is 61.8. The first-order valence-electron chi connectivity index (χ1n) is 29.1. The molecule has 3 saturated heterocycles. The molecule has 468 valence electrons. The Morgan fingerprint density at radius 1 is 0.444 bits per heavy atom. The highest BCUT2D eigenvalue weighted by molar-refractivity contribution is 5.89. The molecule has 3 aliphatic heterocycles. The van der Waals surface area contributed by atoms with Gasteiger partial charge in [-0.1, -0.05) is 56.1 Å². The summed E-state index contributed by atoms with van der Waals surface area (Å²) in [6.45, 7) is 14.6. The number of hydrogen-bond donors (Lipinski definition) is 9. The van der Waals surface area contributed by atoms with Crippen LogP contribution in [0.15, 0.2) is 129 Å². The van der Waals surface area contributed by atoms with Gasteiger partial charge in [0.05, 0.1) is 73.7 Å². The zero-order valence-electron chi connectivity index (χ0n) is 51.8. The van der Waals surface area contributed by atoms with Crippen LogP contribution in [0.5, 0.6) is 17.2 Å². The van der Waals surface area contributed by atoms with E-state index in [0.29, 0.717) is 68.7 Å². The largest absolute Gasteiger partial charge is 0.495 e. The number of ether oxygens (including phenoxy) is 3. The molecule has 27 heteroatoms. The van der Waals surface area contributed by atoms with Crippen LogP contribution in [0.25, 0.3) is 34.0 Å². The molecule has 0 spiro atoms. The predicted molar refractivity (Wildman–Crippen MR) is 351 cm³/mol. The number of nitrogens with zero attached hydrogens (tertiary/aromatic N) is 12. The zero-order chi connectivity index (χ0) is 63.8. The summed E-state index contributed by atoms with van der Waals surface area (Å²) >= 11 is 0. The Morgan fingerprint density at radius 3 is 0.944 bits per heavy atom. The summed E-state index contributed by atoms with van der Waals surface area (Å²) in [5, 5.41) is 42.4. The maximum atomic E-state index is 12.2. The molecule has 0 radical (unpaired) electrons. The first-order chi connectivity index (χ1) is 43.5. The molecule has 0 aliphatic carbocycles. The number of amides is 3. The normalized spacial score (nSPS) is 16.0. The highest BCUT2D eigenvalue weighted by Gasteiger charge is 2.32. The van der Waals surface area contributed by atoms with Gasteiger partial charge in [0.25, 0.3) is 0 Å². The average molecular weight is 1220 g/mol. The lowest BCUT2D eigenvalue weighted by Crippen LogP contribution is -2.35. The Balaban J connectivity index is 0.000000148. The van der Waals surface area contributed by atoms with Crippen LogP contribution < -0.4 is 62.1 Å². The number of benzene rings is 3. The van der Waals surface area contributed by atoms with Crippen molar-refractivity contribution >= 4 is 104 Å². The van der Waals surface area contributed by atoms with E-state index >= 15 is 0 Å². The van der Waals surface area contributed by atoms with E-state index in [1.165, 1.54) is 0 Å². The molecule has 6 aromatic heterocycles. The third-order valence-electron chi connectivity index (χ3n) is 15.6. The monoisotopic (exact) mass is 1220 g/mol. The molecular weight excluding hydrogens is 1150 g/mol. The van der Waals surface area contributed by atoms with Crippen LogP contribution in [-0.4, -0.2) is 178 Å². The van der Waals surface area contributed by atoms with Gasteiger partial charge in [-0.05, 0) is 55.7 Å². The lowest BCUT2D eigenvalue weighted by molar-refractivity contribution is -0.128. The van der Waals surface area contributed by atoms with Crippen LogP contribution in [0.4, 0.5) is 52.0 Å². The number of fused-ring (bicyclic) bond motifs is 3. The maximum absolute atomic E-state index is 12.2. The third kappa shape index (κ3) is 13.0. The summed E-state index contributed by atoms with van der Waals surface area (Å²) in [4.78, 5) is 56.1. The molecule has 3 aromatic carbocycles. The van der Waals surface area contributed by atoms with E-state index in [-0.39, 0.29) is 35.8 Å². The van der Waals surface area contributed by atoms with Gasteiger partial charge < -0.3 is 76.8 Å². The Kier molecular flexibility index (Phi) is 18.7. The summed E-state index contributed by atoms with van der Waals surface area (Å²) in [5.41, 5.74) is 8.31. The summed E-state index contributed by atoms with van der Waals surface area (Å²) in [5.74, 6) is 6.50. The van der Waals surface area contributed by atoms with Gasteiger partial charge in [0.2, 0.25) is 17.7 Å². The molecule has 0 bridgehead atoms. The Hall–Kier alpha value is -11.3. The van der Waals surface area contributed by atoms with Crippen molar-refractivity contribution in [3.63, 3.8) is 0 Å². The second-order valence-electron chi connectivity index (χ2n) is 21.4. The van der Waals surface area contributed by atoms with Crippen molar-refractivity contribution in [2.24, 2.45) is 0 Å². The number of anilines is 9. The van der Waals surface area contributed by atoms with Crippen molar-refractivity contribution < 1.29 is 28.6 Å². The van der Waals surface area contributed by atoms with Crippen molar-refractivity contribution in [3.05, 3.63) is 146 Å². The summed E-state index contributed by atoms with van der Waals surface area (Å²) in [6.07, 6.45) is 7.33. The highest BCUT2D eigenvalue weighted by atomic mass is 16.5. The molecule has 3 amide bonds. The fourth-order valence-electron chi connectivity index (χ4n) is 10.6. The Bertz CT molecular complexity index is 3740. The maximum Gasteiger partial charge on any atom is 0.244 e. The predicted octanol–water partition coefficient (Wildman–Crippen LogP) is 6.94. The molecule has 1 unspecified atom stereocenters. The molecule has 3 atom stereocenters. The second kappa shape index (κ2) is 27.2. The quantitative estimate of drug-likeness (QED) is 0.0352. The summed E-state index contributed by atoms with van der Waals surface area (Å²) < 4.78 is 21.4. The van der Waals surface area contributed by atoms with E-state index in [0.717, 1.165) is 90.1 Å². The van der Waals surface area contributed by atoms with Crippen LogP contribution >= 0.6 is 0 Å². The fraction of sp³-hybridized carbons (Fsp3) is 0.286. The van der Waals surface area contributed by atoms with E-state index in [1.807, 2.05) is 112 Å². The number of carbonyl (C=O) groups excluding carboxylic acids is 3. The first-order valence-corrected chi connectivity index (χ1v) is 29.1. The van der Waals surface area contributed by atoms with Crippen molar-refractivity contribution in [3.8, 4) is 17.2 Å². The minimum absolute atomic E-state index is 0.0648. The Morgan fingerprint density at radius 2 is 0.711 bits per heavy atom. The van der Waals surface area contributed by atoms with Crippen molar-refractivity contribution in [2.45, 2.75) is 37.4 Å². The number of hydrogen-bond acceptors (Lipinski definition) is 21. The van der Waals surface area contributed by atoms with Gasteiger partial charge >= 0.3 is 0 Å².